The van der Waals surface area contributed by atoms with Gasteiger partial charge in [-0.15, -0.1) is 0 Å². The SMILES string of the molecule is CC(C)(C)C.CC(C)=O.CC(C)=O.CC(C)C.CC1CC1.CCC.CCC(C)C.CCCC.CCCCN.CCCCN(C)C.CCCNC.CCCNC.CCN(C)C.CCOC.CN(C)C.CN1CCOCC1.COC.COC(C)=O.CSC. The highest BCUT2D eigenvalue weighted by atomic mass is 32.2. The molecule has 1 aliphatic carbocycles. The molecule has 1 saturated heterocycles. The van der Waals surface area contributed by atoms with Crippen LogP contribution in [0.25, 0.3) is 0 Å². The number of hydrogen-bond donors (Lipinski definition) is 3. The average molecular weight is 1270 g/mol. The molecule has 544 valence electrons. The van der Waals surface area contributed by atoms with E-state index in [0.29, 0.717) is 5.41 Å². The molecule has 0 atom stereocenters. The number of Topliss-reactive ketones (excluding diaryl/α,β-unsaturated/α-hetero) is 2. The Bertz CT molecular complexity index is 876. The van der Waals surface area contributed by atoms with Gasteiger partial charge in [0.1, 0.15) is 11.6 Å². The third-order valence-corrected chi connectivity index (χ3v) is 7.14. The van der Waals surface area contributed by atoms with E-state index in [9.17, 15) is 14.4 Å². The number of nitrogens with two attached hydrogens (primary N) is 1. The van der Waals surface area contributed by atoms with E-state index >= 15 is 0 Å². The second-order valence-corrected chi connectivity index (χ2v) is 24.8. The van der Waals surface area contributed by atoms with Gasteiger partial charge in [-0.25, -0.2) is 0 Å². The zero-order chi connectivity index (χ0) is 72.8. The molecule has 1 saturated carbocycles. The summed E-state index contributed by atoms with van der Waals surface area (Å²) in [6, 6.07) is 0. The van der Waals surface area contributed by atoms with Crippen molar-refractivity contribution in [1.82, 2.24) is 30.2 Å². The first-order valence-corrected chi connectivity index (χ1v) is 34.7. The number of rotatable bonds is 13. The summed E-state index contributed by atoms with van der Waals surface area (Å²) in [6.45, 7) is 63.3. The van der Waals surface area contributed by atoms with Gasteiger partial charge in [0.2, 0.25) is 0 Å². The van der Waals surface area contributed by atoms with Gasteiger partial charge in [0, 0.05) is 47.9 Å². The molecular formula is C71H177N7O7S. The Morgan fingerprint density at radius 2 is 0.849 bits per heavy atom. The van der Waals surface area contributed by atoms with Gasteiger partial charge in [-0.05, 0) is 199 Å². The summed E-state index contributed by atoms with van der Waals surface area (Å²) >= 11 is 1.75. The van der Waals surface area contributed by atoms with E-state index < -0.39 is 0 Å². The van der Waals surface area contributed by atoms with Gasteiger partial charge >= 0.3 is 5.97 Å². The third-order valence-electron chi connectivity index (χ3n) is 7.14. The number of ketones is 2. The van der Waals surface area contributed by atoms with Gasteiger partial charge < -0.3 is 64.5 Å². The van der Waals surface area contributed by atoms with E-state index in [0.717, 1.165) is 76.8 Å². The molecule has 2 rings (SSSR count). The van der Waals surface area contributed by atoms with Gasteiger partial charge in [0.25, 0.3) is 0 Å². The molecule has 2 fully saturated rings. The van der Waals surface area contributed by atoms with Gasteiger partial charge in [-0.1, -0.05) is 190 Å². The number of nitrogens with zero attached hydrogens (tertiary/aromatic N) is 4. The van der Waals surface area contributed by atoms with E-state index in [1.165, 1.54) is 125 Å². The Morgan fingerprint density at radius 3 is 0.884 bits per heavy atom. The molecule has 2 aliphatic rings. The number of hydrogen-bond acceptors (Lipinski definition) is 15. The van der Waals surface area contributed by atoms with E-state index in [1.54, 1.807) is 33.1 Å². The van der Waals surface area contributed by atoms with Gasteiger partial charge in [0.15, 0.2) is 0 Å². The first kappa shape index (κ1) is 130. The molecule has 15 heteroatoms. The van der Waals surface area contributed by atoms with Crippen LogP contribution in [-0.2, 0) is 33.3 Å². The van der Waals surface area contributed by atoms with Crippen LogP contribution in [0.3, 0.4) is 0 Å². The molecule has 0 aromatic carbocycles. The second kappa shape index (κ2) is 141. The number of ether oxygens (including phenoxy) is 4. The number of unbranched alkanes of at least 4 members (excludes halogenated alkanes) is 3. The van der Waals surface area contributed by atoms with Crippen molar-refractivity contribution in [1.29, 1.82) is 0 Å². The van der Waals surface area contributed by atoms with E-state index in [2.05, 4.69) is 213 Å². The quantitative estimate of drug-likeness (QED) is 0.150. The summed E-state index contributed by atoms with van der Waals surface area (Å²) in [5.41, 5.74) is 5.64. The second-order valence-electron chi connectivity index (χ2n) is 24.0. The first-order valence-electron chi connectivity index (χ1n) is 33.1. The molecule has 0 aromatic rings. The van der Waals surface area contributed by atoms with Crippen molar-refractivity contribution in [2.75, 3.05) is 177 Å². The van der Waals surface area contributed by atoms with Gasteiger partial charge in [-0.3, -0.25) is 4.79 Å². The monoisotopic (exact) mass is 1270 g/mol. The lowest BCUT2D eigenvalue weighted by Gasteiger charge is -2.21. The molecule has 1 heterocycles. The van der Waals surface area contributed by atoms with Crippen LogP contribution in [0, 0.1) is 23.2 Å². The lowest BCUT2D eigenvalue weighted by molar-refractivity contribution is -0.138. The summed E-state index contributed by atoms with van der Waals surface area (Å²) in [6.07, 6.45) is 19.7. The fourth-order valence-corrected chi connectivity index (χ4v) is 2.00. The van der Waals surface area contributed by atoms with Gasteiger partial charge in [0.05, 0.1) is 20.3 Å². The predicted octanol–water partition coefficient (Wildman–Crippen LogP) is 17.7. The van der Waals surface area contributed by atoms with Crippen molar-refractivity contribution >= 4 is 29.3 Å². The van der Waals surface area contributed by atoms with Crippen LogP contribution in [-0.4, -0.2) is 214 Å². The van der Waals surface area contributed by atoms with E-state index in [1.807, 2.05) is 59.6 Å². The Labute approximate surface area is 553 Å². The Balaban J connectivity index is -0.0000000391. The lowest BCUT2D eigenvalue weighted by Crippen LogP contribution is -2.32. The summed E-state index contributed by atoms with van der Waals surface area (Å²) in [7, 11) is 26.6. The van der Waals surface area contributed by atoms with Crippen LogP contribution >= 0.6 is 11.8 Å². The number of morpholine rings is 1. The molecule has 0 aromatic heterocycles. The topological polar surface area (TPSA) is 151 Å². The number of carbonyl (C=O) groups excluding carboxylic acids is 3. The van der Waals surface area contributed by atoms with Crippen molar-refractivity contribution in [2.45, 2.75) is 257 Å². The smallest absolute Gasteiger partial charge is 0.302 e. The fourth-order valence-electron chi connectivity index (χ4n) is 2.00. The maximum Gasteiger partial charge on any atom is 0.302 e. The van der Waals surface area contributed by atoms with Gasteiger partial charge in [-0.2, -0.15) is 11.8 Å². The van der Waals surface area contributed by atoms with Crippen LogP contribution in [0.2, 0.25) is 0 Å². The lowest BCUT2D eigenvalue weighted by atomic mass is 10.0. The third kappa shape index (κ3) is 718. The average Bonchev–Trinajstić information content (AvgIpc) is 4.19. The zero-order valence-electron chi connectivity index (χ0n) is 67.9. The number of nitrogens with one attached hydrogen (secondary N) is 2. The number of methoxy groups -OCH3 is 3. The number of carbonyl (C=O) groups is 3. The molecular weight excluding hydrogens is 1090 g/mol. The van der Waals surface area contributed by atoms with Crippen LogP contribution in [0.1, 0.15) is 257 Å². The van der Waals surface area contributed by atoms with Crippen LogP contribution in [0.15, 0.2) is 0 Å². The fraction of sp³-hybridized carbons (Fsp3) is 0.958. The minimum Gasteiger partial charge on any atom is -0.469 e. The van der Waals surface area contributed by atoms with E-state index in [-0.39, 0.29) is 17.5 Å². The normalized spacial score (nSPS) is 10.6. The highest BCUT2D eigenvalue weighted by Gasteiger charge is 2.12. The molecule has 4 N–H and O–H groups in total. The minimum absolute atomic E-state index is 0.167. The Morgan fingerprint density at radius 1 is 0.628 bits per heavy atom. The first-order chi connectivity index (χ1) is 39.6. The largest absolute Gasteiger partial charge is 0.469 e. The number of thioether (sulfide) groups is 1. The Kier molecular flexibility index (Phi) is 213. The van der Waals surface area contributed by atoms with Crippen molar-refractivity contribution in [2.24, 2.45) is 28.9 Å². The predicted molar refractivity (Wildman–Crippen MR) is 404 cm³/mol. The molecule has 0 bridgehead atoms. The van der Waals surface area contributed by atoms with Crippen LogP contribution < -0.4 is 16.4 Å². The molecule has 86 heavy (non-hydrogen) atoms. The van der Waals surface area contributed by atoms with E-state index in [4.69, 9.17) is 10.5 Å². The van der Waals surface area contributed by atoms with Crippen LogP contribution in [0.4, 0.5) is 0 Å². The maximum atomic E-state index is 9.59. The standard InChI is InChI=1S/C6H15N.C5H11NO.2C5H12.4C4H11N.C4H8.2C4H10.C3H9N.C3H6O2.C3H8O.2C3H6O.C3H8.C2H6O.C2H6S/c1-4-5-6-7(2)3;1-6-2-4-7-5-3-6;1-5(2,3)4;2*1-4-5(2)3;2*1-3-4-5-2;1-2-3-4-5;1-4-2-3-4;1-4(2)3;1-3-4-2;1-4(2)3;1-3(4)5-2;1-3-4-2;2*1-3(2)4;3*1-3-2/h4-6H2,1-3H3;2-5H2,1H3;1-4H3;5H,4H2,1-3H3;4H2,1-3H3;2*5H,3-4H2,1-2H3;2-5H2,1H3;4H,2-3H2,1H3;4H,1-3H3;3-4H2,1-2H3;1-3H3;1-2H3;3H2,1-2H3;2*1-2H3;3H2,1-2H3;2*1-2H3. The van der Waals surface area contributed by atoms with Crippen LogP contribution in [0.5, 0.6) is 0 Å². The minimum atomic E-state index is -0.245. The molecule has 0 spiro atoms. The van der Waals surface area contributed by atoms with Crippen molar-refractivity contribution < 1.29 is 33.3 Å². The van der Waals surface area contributed by atoms with Crippen molar-refractivity contribution in [3.8, 4) is 0 Å². The summed E-state index contributed by atoms with van der Waals surface area (Å²) in [5, 5.41) is 6.03. The molecule has 0 radical (unpaired) electrons. The summed E-state index contributed by atoms with van der Waals surface area (Å²) in [4.78, 5) is 37.1. The van der Waals surface area contributed by atoms with Crippen molar-refractivity contribution in [3.05, 3.63) is 0 Å². The molecule has 1 aliphatic heterocycles. The molecule has 0 unspecified atom stereocenters. The zero-order valence-corrected chi connectivity index (χ0v) is 68.7. The maximum absolute atomic E-state index is 9.59. The Hall–Kier alpha value is -1.24. The summed E-state index contributed by atoms with van der Waals surface area (Å²) < 4.78 is 18.0. The highest BCUT2D eigenvalue weighted by molar-refractivity contribution is 7.97. The summed E-state index contributed by atoms with van der Waals surface area (Å²) in [5.74, 6) is 2.89. The number of likely N-dealkylation sites (N-methyl/N-ethyl adjacent to an activating group) is 1. The number of esters is 1. The highest BCUT2D eigenvalue weighted by Crippen LogP contribution is 2.26. The molecule has 14 nitrogen and oxygen atoms in total. The van der Waals surface area contributed by atoms with Crippen molar-refractivity contribution in [3.63, 3.8) is 0 Å². The molecule has 0 amide bonds.